The molecule has 0 N–H and O–H groups in total. The van der Waals surface area contributed by atoms with Gasteiger partial charge in [-0.25, -0.2) is 23.5 Å². The van der Waals surface area contributed by atoms with Gasteiger partial charge in [-0.1, -0.05) is 17.7 Å². The van der Waals surface area contributed by atoms with Crippen LogP contribution in [-0.4, -0.2) is 30.1 Å². The van der Waals surface area contributed by atoms with Crippen molar-refractivity contribution in [1.29, 1.82) is 0 Å². The highest BCUT2D eigenvalue weighted by atomic mass is 35.5. The van der Waals surface area contributed by atoms with Gasteiger partial charge in [0.25, 0.3) is 0 Å². The van der Waals surface area contributed by atoms with E-state index in [0.717, 1.165) is 18.9 Å². The van der Waals surface area contributed by atoms with Crippen molar-refractivity contribution in [2.75, 3.05) is 19.1 Å². The lowest BCUT2D eigenvalue weighted by molar-refractivity contribution is 0.0593. The maximum atomic E-state index is 14.1. The molecular weight excluding hydrogens is 340 g/mol. The summed E-state index contributed by atoms with van der Waals surface area (Å²) in [7, 11) is 2.71. The number of carbonyl (C=O) groups is 1. The molecular formula is C16H14ClF2N3O2. The summed E-state index contributed by atoms with van der Waals surface area (Å²) in [6, 6.07) is 3.79. The van der Waals surface area contributed by atoms with E-state index in [0.29, 0.717) is 5.82 Å². The third-order valence-corrected chi connectivity index (χ3v) is 4.13. The van der Waals surface area contributed by atoms with Crippen LogP contribution < -0.4 is 4.90 Å². The largest absolute Gasteiger partial charge is 0.464 e. The fraction of sp³-hybridized carbons (Fsp3) is 0.312. The molecule has 1 fully saturated rings. The molecule has 24 heavy (non-hydrogen) atoms. The zero-order valence-corrected chi connectivity index (χ0v) is 13.8. The predicted molar refractivity (Wildman–Crippen MR) is 84.8 cm³/mol. The van der Waals surface area contributed by atoms with Gasteiger partial charge < -0.3 is 9.64 Å². The molecule has 2 aromatic rings. The van der Waals surface area contributed by atoms with Crippen molar-refractivity contribution in [3.05, 3.63) is 46.4 Å². The van der Waals surface area contributed by atoms with Crippen molar-refractivity contribution in [3.8, 4) is 0 Å². The number of methoxy groups -OCH3 is 1. The molecule has 0 saturated heterocycles. The molecule has 5 nitrogen and oxygen atoms in total. The van der Waals surface area contributed by atoms with Crippen LogP contribution in [0, 0.1) is 11.6 Å². The normalized spacial score (nSPS) is 13.7. The van der Waals surface area contributed by atoms with E-state index >= 15 is 0 Å². The number of hydrogen-bond donors (Lipinski definition) is 0. The van der Waals surface area contributed by atoms with E-state index in [1.807, 2.05) is 0 Å². The Labute approximate surface area is 142 Å². The summed E-state index contributed by atoms with van der Waals surface area (Å²) in [6.07, 6.45) is 1.81. The summed E-state index contributed by atoms with van der Waals surface area (Å²) in [5, 5.41) is -0.0718. The number of halogens is 3. The highest BCUT2D eigenvalue weighted by Gasteiger charge is 2.31. The summed E-state index contributed by atoms with van der Waals surface area (Å²) in [5.41, 5.74) is -0.136. The number of carbonyl (C=O) groups excluding carboxylic acids is 1. The molecule has 0 atom stereocenters. The van der Waals surface area contributed by atoms with Crippen molar-refractivity contribution in [1.82, 2.24) is 9.97 Å². The first kappa shape index (κ1) is 16.6. The molecule has 8 heteroatoms. The van der Waals surface area contributed by atoms with Crippen molar-refractivity contribution in [2.24, 2.45) is 0 Å². The average Bonchev–Trinajstić information content (AvgIpc) is 3.41. The van der Waals surface area contributed by atoms with Crippen LogP contribution in [0.2, 0.25) is 5.02 Å². The Hall–Kier alpha value is -2.28. The summed E-state index contributed by atoms with van der Waals surface area (Å²) in [6.45, 7) is 0. The van der Waals surface area contributed by atoms with E-state index in [2.05, 4.69) is 14.7 Å². The molecule has 1 aliphatic carbocycles. The van der Waals surface area contributed by atoms with Crippen LogP contribution in [0.25, 0.3) is 0 Å². The third-order valence-electron chi connectivity index (χ3n) is 3.78. The Bertz CT molecular complexity index is 812. The fourth-order valence-corrected chi connectivity index (χ4v) is 2.58. The molecule has 0 spiro atoms. The van der Waals surface area contributed by atoms with E-state index in [4.69, 9.17) is 11.6 Å². The number of aromatic nitrogens is 2. The molecule has 0 radical (unpaired) electrons. The lowest BCUT2D eigenvalue weighted by atomic mass is 10.2. The number of benzene rings is 1. The Morgan fingerprint density at radius 1 is 1.33 bits per heavy atom. The molecule has 0 unspecified atom stereocenters. The van der Waals surface area contributed by atoms with E-state index in [1.54, 1.807) is 0 Å². The predicted octanol–water partition coefficient (Wildman–Crippen LogP) is 3.84. The number of esters is 1. The van der Waals surface area contributed by atoms with Gasteiger partial charge in [0.05, 0.1) is 12.8 Å². The first-order valence-electron chi connectivity index (χ1n) is 7.27. The second-order valence-electron chi connectivity index (χ2n) is 5.47. The topological polar surface area (TPSA) is 55.3 Å². The number of hydrogen-bond acceptors (Lipinski definition) is 5. The molecule has 1 aliphatic rings. The summed E-state index contributed by atoms with van der Waals surface area (Å²) in [4.78, 5) is 21.7. The molecule has 0 amide bonds. The van der Waals surface area contributed by atoms with Crippen molar-refractivity contribution < 1.29 is 18.3 Å². The number of nitrogens with zero attached hydrogens (tertiary/aromatic N) is 3. The van der Waals surface area contributed by atoms with E-state index < -0.39 is 17.6 Å². The lowest BCUT2D eigenvalue weighted by Crippen LogP contribution is -2.18. The highest BCUT2D eigenvalue weighted by molar-refractivity contribution is 6.35. The minimum atomic E-state index is -1.03. The average molecular weight is 354 g/mol. The summed E-state index contributed by atoms with van der Waals surface area (Å²) in [5.74, 6) is -2.02. The van der Waals surface area contributed by atoms with E-state index in [-0.39, 0.29) is 28.1 Å². The van der Waals surface area contributed by atoms with Crippen LogP contribution in [0.4, 0.5) is 20.3 Å². The standard InChI is InChI=1S/C16H14ClF2N3O2/c1-22(10-5-3-4-9(18)12(10)19)15-11(17)13(16(23)24-2)20-14(21-15)8-6-7-8/h3-5,8H,6-7H2,1-2H3. The zero-order chi connectivity index (χ0) is 17.4. The summed E-state index contributed by atoms with van der Waals surface area (Å²) >= 11 is 6.23. The number of rotatable bonds is 4. The Morgan fingerprint density at radius 2 is 2.04 bits per heavy atom. The fourth-order valence-electron chi connectivity index (χ4n) is 2.30. The van der Waals surface area contributed by atoms with Crippen LogP contribution in [0.3, 0.4) is 0 Å². The maximum Gasteiger partial charge on any atom is 0.358 e. The van der Waals surface area contributed by atoms with Gasteiger partial charge in [0.1, 0.15) is 10.8 Å². The Balaban J connectivity index is 2.13. The molecule has 1 aromatic heterocycles. The smallest absolute Gasteiger partial charge is 0.358 e. The van der Waals surface area contributed by atoms with Crippen LogP contribution in [0.15, 0.2) is 18.2 Å². The first-order valence-corrected chi connectivity index (χ1v) is 7.65. The minimum Gasteiger partial charge on any atom is -0.464 e. The molecule has 0 aliphatic heterocycles. The molecule has 3 rings (SSSR count). The molecule has 1 aromatic carbocycles. The zero-order valence-electron chi connectivity index (χ0n) is 13.0. The second kappa shape index (κ2) is 6.32. The van der Waals surface area contributed by atoms with Gasteiger partial charge in [0.15, 0.2) is 23.1 Å². The Morgan fingerprint density at radius 3 is 2.67 bits per heavy atom. The lowest BCUT2D eigenvalue weighted by Gasteiger charge is -2.21. The molecule has 0 bridgehead atoms. The van der Waals surface area contributed by atoms with Crippen LogP contribution >= 0.6 is 11.6 Å². The third kappa shape index (κ3) is 2.91. The molecule has 126 valence electrons. The quantitative estimate of drug-likeness (QED) is 0.782. The van der Waals surface area contributed by atoms with Crippen molar-refractivity contribution >= 4 is 29.1 Å². The van der Waals surface area contributed by atoms with Gasteiger partial charge in [-0.3, -0.25) is 0 Å². The van der Waals surface area contributed by atoms with Gasteiger partial charge in [0, 0.05) is 13.0 Å². The van der Waals surface area contributed by atoms with Crippen LogP contribution in [-0.2, 0) is 4.74 Å². The van der Waals surface area contributed by atoms with Crippen LogP contribution in [0.5, 0.6) is 0 Å². The van der Waals surface area contributed by atoms with Crippen LogP contribution in [0.1, 0.15) is 35.1 Å². The highest BCUT2D eigenvalue weighted by Crippen LogP contribution is 2.41. The van der Waals surface area contributed by atoms with Crippen molar-refractivity contribution in [2.45, 2.75) is 18.8 Å². The van der Waals surface area contributed by atoms with Gasteiger partial charge in [-0.05, 0) is 25.0 Å². The van der Waals surface area contributed by atoms with Gasteiger partial charge in [-0.2, -0.15) is 0 Å². The van der Waals surface area contributed by atoms with Gasteiger partial charge >= 0.3 is 5.97 Å². The van der Waals surface area contributed by atoms with E-state index in [1.165, 1.54) is 31.2 Å². The van der Waals surface area contributed by atoms with E-state index in [9.17, 15) is 13.6 Å². The number of ether oxygens (including phenoxy) is 1. The number of anilines is 2. The maximum absolute atomic E-state index is 14.1. The Kier molecular flexibility index (Phi) is 4.36. The summed E-state index contributed by atoms with van der Waals surface area (Å²) < 4.78 is 32.3. The molecule has 1 saturated carbocycles. The minimum absolute atomic E-state index is 0.0480. The SMILES string of the molecule is COC(=O)c1nc(C2CC2)nc(N(C)c2cccc(F)c2F)c1Cl. The second-order valence-corrected chi connectivity index (χ2v) is 5.84. The monoisotopic (exact) mass is 353 g/mol. The van der Waals surface area contributed by atoms with Gasteiger partial charge in [-0.15, -0.1) is 0 Å². The van der Waals surface area contributed by atoms with Crippen molar-refractivity contribution in [3.63, 3.8) is 0 Å². The molecule has 1 heterocycles. The first-order chi connectivity index (χ1) is 11.4. The van der Waals surface area contributed by atoms with Gasteiger partial charge in [0.2, 0.25) is 0 Å².